The number of anilines is 1. The molecule has 0 unspecified atom stereocenters. The van der Waals surface area contributed by atoms with E-state index in [0.717, 1.165) is 0 Å². The fourth-order valence-corrected chi connectivity index (χ4v) is 3.42. The van der Waals surface area contributed by atoms with Crippen LogP contribution in [0.4, 0.5) is 5.69 Å². The molecular formula is C25H21NO7. The highest BCUT2D eigenvalue weighted by Crippen LogP contribution is 2.42. The molecule has 1 aromatic heterocycles. The SMILES string of the molecule is COc1ccc(C(=O)Nc2ccc(-c3cc(=O)c4c(O)c(OC)c(OC)cc4o3)cc2)cc1. The first-order valence-electron chi connectivity index (χ1n) is 9.92. The van der Waals surface area contributed by atoms with Crippen LogP contribution in [0.1, 0.15) is 10.4 Å². The summed E-state index contributed by atoms with van der Waals surface area (Å²) in [5.41, 5.74) is 1.41. The third-order valence-corrected chi connectivity index (χ3v) is 5.12. The first kappa shape index (κ1) is 21.8. The van der Waals surface area contributed by atoms with Gasteiger partial charge in [0, 0.05) is 28.9 Å². The number of benzene rings is 3. The standard InChI is InChI=1S/C25H21NO7/c1-30-17-10-6-15(7-11-17)25(29)26-16-8-4-14(5-9-16)19-12-18(27)22-20(33-19)13-21(31-2)24(32-3)23(22)28/h4-13,28H,1-3H3,(H,26,29). The van der Waals surface area contributed by atoms with Gasteiger partial charge in [-0.25, -0.2) is 0 Å². The number of nitrogens with one attached hydrogen (secondary N) is 1. The van der Waals surface area contributed by atoms with Crippen molar-refractivity contribution in [2.45, 2.75) is 0 Å². The van der Waals surface area contributed by atoms with Crippen LogP contribution in [-0.2, 0) is 0 Å². The monoisotopic (exact) mass is 447 g/mol. The molecule has 0 radical (unpaired) electrons. The molecule has 2 N–H and O–H groups in total. The van der Waals surface area contributed by atoms with Crippen LogP contribution in [0.25, 0.3) is 22.3 Å². The molecule has 3 aromatic carbocycles. The van der Waals surface area contributed by atoms with Crippen molar-refractivity contribution < 1.29 is 28.5 Å². The molecule has 1 heterocycles. The summed E-state index contributed by atoms with van der Waals surface area (Å²) in [6.45, 7) is 0. The number of amides is 1. The van der Waals surface area contributed by atoms with Crippen LogP contribution in [0.3, 0.4) is 0 Å². The molecule has 1 amide bonds. The minimum Gasteiger partial charge on any atom is -0.504 e. The van der Waals surface area contributed by atoms with Crippen molar-refractivity contribution in [1.29, 1.82) is 0 Å². The summed E-state index contributed by atoms with van der Waals surface area (Å²) in [5.74, 6) is 0.647. The van der Waals surface area contributed by atoms with E-state index in [2.05, 4.69) is 5.32 Å². The third-order valence-electron chi connectivity index (χ3n) is 5.12. The van der Waals surface area contributed by atoms with Crippen LogP contribution in [0, 0.1) is 0 Å². The van der Waals surface area contributed by atoms with E-state index in [1.54, 1.807) is 55.6 Å². The van der Waals surface area contributed by atoms with Gasteiger partial charge < -0.3 is 29.1 Å². The largest absolute Gasteiger partial charge is 0.504 e. The Morgan fingerprint density at radius 3 is 2.21 bits per heavy atom. The van der Waals surface area contributed by atoms with Gasteiger partial charge >= 0.3 is 0 Å². The molecule has 0 spiro atoms. The summed E-state index contributed by atoms with van der Waals surface area (Å²) in [4.78, 5) is 25.1. The van der Waals surface area contributed by atoms with Crippen molar-refractivity contribution in [3.05, 3.63) is 76.5 Å². The van der Waals surface area contributed by atoms with Crippen molar-refractivity contribution in [1.82, 2.24) is 0 Å². The van der Waals surface area contributed by atoms with E-state index >= 15 is 0 Å². The van der Waals surface area contributed by atoms with Gasteiger partial charge in [0.1, 0.15) is 22.5 Å². The zero-order chi connectivity index (χ0) is 23.5. The van der Waals surface area contributed by atoms with Crippen molar-refractivity contribution in [2.75, 3.05) is 26.6 Å². The van der Waals surface area contributed by atoms with Gasteiger partial charge in [-0.05, 0) is 48.5 Å². The second-order valence-electron chi connectivity index (χ2n) is 7.07. The Bertz CT molecular complexity index is 1370. The Labute approximate surface area is 188 Å². The van der Waals surface area contributed by atoms with Crippen LogP contribution in [0.15, 0.2) is 69.9 Å². The van der Waals surface area contributed by atoms with Crippen molar-refractivity contribution >= 4 is 22.6 Å². The summed E-state index contributed by atoms with van der Waals surface area (Å²) >= 11 is 0. The Kier molecular flexibility index (Phi) is 5.91. The number of ether oxygens (including phenoxy) is 3. The first-order valence-corrected chi connectivity index (χ1v) is 9.92. The van der Waals surface area contributed by atoms with E-state index in [9.17, 15) is 14.7 Å². The number of rotatable bonds is 6. The summed E-state index contributed by atoms with van der Waals surface area (Å²) in [6, 6.07) is 16.4. The van der Waals surface area contributed by atoms with E-state index in [0.29, 0.717) is 28.3 Å². The summed E-state index contributed by atoms with van der Waals surface area (Å²) in [7, 11) is 4.35. The lowest BCUT2D eigenvalue weighted by atomic mass is 10.1. The summed E-state index contributed by atoms with van der Waals surface area (Å²) < 4.78 is 21.3. The molecule has 0 aliphatic heterocycles. The average molecular weight is 447 g/mol. The Morgan fingerprint density at radius 2 is 1.61 bits per heavy atom. The van der Waals surface area contributed by atoms with Gasteiger partial charge in [0.15, 0.2) is 16.9 Å². The number of aromatic hydroxyl groups is 1. The number of methoxy groups -OCH3 is 3. The Balaban J connectivity index is 1.62. The summed E-state index contributed by atoms with van der Waals surface area (Å²) in [6.07, 6.45) is 0. The highest BCUT2D eigenvalue weighted by atomic mass is 16.5. The molecule has 0 saturated heterocycles. The number of hydrogen-bond acceptors (Lipinski definition) is 7. The zero-order valence-electron chi connectivity index (χ0n) is 18.2. The molecule has 0 bridgehead atoms. The van der Waals surface area contributed by atoms with E-state index in [1.807, 2.05) is 0 Å². The zero-order valence-corrected chi connectivity index (χ0v) is 18.2. The van der Waals surface area contributed by atoms with Gasteiger partial charge in [-0.3, -0.25) is 9.59 Å². The first-order chi connectivity index (χ1) is 15.9. The lowest BCUT2D eigenvalue weighted by Crippen LogP contribution is -2.11. The summed E-state index contributed by atoms with van der Waals surface area (Å²) in [5, 5.41) is 13.2. The topological polar surface area (TPSA) is 107 Å². The second-order valence-corrected chi connectivity index (χ2v) is 7.07. The van der Waals surface area contributed by atoms with Crippen molar-refractivity contribution in [3.8, 4) is 34.3 Å². The maximum atomic E-state index is 12.7. The number of phenolic OH excluding ortho intramolecular Hbond substituents is 1. The highest BCUT2D eigenvalue weighted by molar-refractivity contribution is 6.04. The Morgan fingerprint density at radius 1 is 0.909 bits per heavy atom. The number of hydrogen-bond donors (Lipinski definition) is 2. The van der Waals surface area contributed by atoms with E-state index in [1.165, 1.54) is 26.4 Å². The minimum absolute atomic E-state index is 0.000208. The van der Waals surface area contributed by atoms with Crippen LogP contribution in [0.2, 0.25) is 0 Å². The smallest absolute Gasteiger partial charge is 0.255 e. The van der Waals surface area contributed by atoms with Gasteiger partial charge in [0.05, 0.1) is 21.3 Å². The lowest BCUT2D eigenvalue weighted by Gasteiger charge is -2.12. The van der Waals surface area contributed by atoms with E-state index in [4.69, 9.17) is 18.6 Å². The molecule has 0 aliphatic rings. The molecule has 168 valence electrons. The second kappa shape index (κ2) is 8.96. The lowest BCUT2D eigenvalue weighted by molar-refractivity contribution is 0.102. The van der Waals surface area contributed by atoms with Gasteiger partial charge in [-0.2, -0.15) is 0 Å². The van der Waals surface area contributed by atoms with Gasteiger partial charge in [-0.1, -0.05) is 0 Å². The molecule has 8 heteroatoms. The van der Waals surface area contributed by atoms with Crippen LogP contribution in [-0.4, -0.2) is 32.3 Å². The maximum absolute atomic E-state index is 12.7. The fourth-order valence-electron chi connectivity index (χ4n) is 3.42. The maximum Gasteiger partial charge on any atom is 0.255 e. The average Bonchev–Trinajstić information content (AvgIpc) is 2.83. The molecule has 0 fully saturated rings. The number of carbonyl (C=O) groups excluding carboxylic acids is 1. The molecule has 4 rings (SSSR count). The van der Waals surface area contributed by atoms with Gasteiger partial charge in [0.2, 0.25) is 5.75 Å². The number of phenols is 1. The number of carbonyl (C=O) groups is 1. The quantitative estimate of drug-likeness (QED) is 0.450. The van der Waals surface area contributed by atoms with Crippen LogP contribution < -0.4 is 25.0 Å². The van der Waals surface area contributed by atoms with E-state index in [-0.39, 0.29) is 34.1 Å². The Hall–Kier alpha value is -4.46. The number of fused-ring (bicyclic) bond motifs is 1. The molecule has 0 saturated carbocycles. The molecule has 8 nitrogen and oxygen atoms in total. The highest BCUT2D eigenvalue weighted by Gasteiger charge is 2.19. The minimum atomic E-state index is -0.429. The van der Waals surface area contributed by atoms with Gasteiger partial charge in [0.25, 0.3) is 5.91 Å². The van der Waals surface area contributed by atoms with Crippen molar-refractivity contribution in [2.24, 2.45) is 0 Å². The molecule has 33 heavy (non-hydrogen) atoms. The van der Waals surface area contributed by atoms with Crippen LogP contribution in [0.5, 0.6) is 23.0 Å². The molecule has 4 aromatic rings. The normalized spacial score (nSPS) is 10.6. The molecular weight excluding hydrogens is 426 g/mol. The van der Waals surface area contributed by atoms with Gasteiger partial charge in [-0.15, -0.1) is 0 Å². The third kappa shape index (κ3) is 4.18. The van der Waals surface area contributed by atoms with Crippen LogP contribution >= 0.6 is 0 Å². The predicted octanol–water partition coefficient (Wildman–Crippen LogP) is 4.44. The van der Waals surface area contributed by atoms with Crippen molar-refractivity contribution in [3.63, 3.8) is 0 Å². The predicted molar refractivity (Wildman–Crippen MR) is 124 cm³/mol. The molecule has 0 atom stereocenters. The fraction of sp³-hybridized carbons (Fsp3) is 0.120. The molecule has 0 aliphatic carbocycles. The van der Waals surface area contributed by atoms with E-state index < -0.39 is 5.43 Å².